The van der Waals surface area contributed by atoms with E-state index in [0.29, 0.717) is 6.54 Å². The maximum Gasteiger partial charge on any atom is 0.223 e. The Balaban J connectivity index is 2.50. The van der Waals surface area contributed by atoms with Crippen molar-refractivity contribution in [1.82, 2.24) is 4.90 Å². The lowest BCUT2D eigenvalue weighted by molar-refractivity contribution is -0.134. The van der Waals surface area contributed by atoms with Crippen LogP contribution in [0.2, 0.25) is 0 Å². The monoisotopic (exact) mass is 234 g/mol. The molecule has 0 heterocycles. The first-order chi connectivity index (χ1) is 8.00. The molecule has 0 spiro atoms. The zero-order chi connectivity index (χ0) is 12.8. The highest BCUT2D eigenvalue weighted by atomic mass is 16.2. The highest BCUT2D eigenvalue weighted by molar-refractivity contribution is 5.84. The molecule has 1 unspecified atom stereocenters. The number of primary amides is 1. The largest absolute Gasteiger partial charge is 0.369 e. The van der Waals surface area contributed by atoms with E-state index in [1.54, 1.807) is 18.9 Å². The minimum Gasteiger partial charge on any atom is -0.369 e. The molecule has 0 aliphatic carbocycles. The first-order valence-electron chi connectivity index (χ1n) is 5.58. The second kappa shape index (κ2) is 6.03. The van der Waals surface area contributed by atoms with Crippen LogP contribution >= 0.6 is 0 Å². The smallest absolute Gasteiger partial charge is 0.223 e. The van der Waals surface area contributed by atoms with Gasteiger partial charge in [-0.2, -0.15) is 0 Å². The van der Waals surface area contributed by atoms with E-state index in [4.69, 9.17) is 5.73 Å². The Morgan fingerprint density at radius 2 is 1.88 bits per heavy atom. The summed E-state index contributed by atoms with van der Waals surface area (Å²) in [6.45, 7) is 2.21. The van der Waals surface area contributed by atoms with Crippen molar-refractivity contribution in [3.63, 3.8) is 0 Å². The maximum absolute atomic E-state index is 11.8. The summed E-state index contributed by atoms with van der Waals surface area (Å²) >= 11 is 0. The Kier molecular flexibility index (Phi) is 4.69. The summed E-state index contributed by atoms with van der Waals surface area (Å²) in [5.74, 6) is -0.924. The lowest BCUT2D eigenvalue weighted by Crippen LogP contribution is -2.31. The van der Waals surface area contributed by atoms with E-state index in [1.165, 1.54) is 0 Å². The first kappa shape index (κ1) is 13.2. The van der Waals surface area contributed by atoms with Crippen LogP contribution in [0.25, 0.3) is 0 Å². The van der Waals surface area contributed by atoms with Gasteiger partial charge < -0.3 is 10.6 Å². The molecule has 0 radical (unpaired) electrons. The van der Waals surface area contributed by atoms with Crippen LogP contribution < -0.4 is 5.73 Å². The quantitative estimate of drug-likeness (QED) is 0.830. The van der Waals surface area contributed by atoms with Crippen molar-refractivity contribution in [1.29, 1.82) is 0 Å². The molecule has 0 saturated heterocycles. The normalized spacial score (nSPS) is 11.9. The zero-order valence-corrected chi connectivity index (χ0v) is 10.2. The summed E-state index contributed by atoms with van der Waals surface area (Å²) in [5.41, 5.74) is 6.19. The molecule has 92 valence electrons. The molecular formula is C13H18N2O2. The number of carbonyl (C=O) groups is 2. The van der Waals surface area contributed by atoms with Gasteiger partial charge in [0.05, 0.1) is 0 Å². The van der Waals surface area contributed by atoms with Gasteiger partial charge in [-0.1, -0.05) is 37.3 Å². The Hall–Kier alpha value is -1.84. The lowest BCUT2D eigenvalue weighted by Gasteiger charge is -2.18. The fourth-order valence-electron chi connectivity index (χ4n) is 1.46. The van der Waals surface area contributed by atoms with Crippen LogP contribution in [0.1, 0.15) is 18.9 Å². The van der Waals surface area contributed by atoms with Crippen molar-refractivity contribution in [2.75, 3.05) is 7.05 Å². The van der Waals surface area contributed by atoms with Crippen LogP contribution in [0, 0.1) is 5.92 Å². The number of nitrogens with zero attached hydrogens (tertiary/aromatic N) is 1. The van der Waals surface area contributed by atoms with Crippen LogP contribution in [-0.2, 0) is 16.1 Å². The molecule has 0 aliphatic heterocycles. The minimum atomic E-state index is -0.438. The molecule has 17 heavy (non-hydrogen) atoms. The molecule has 4 nitrogen and oxygen atoms in total. The first-order valence-corrected chi connectivity index (χ1v) is 5.58. The molecule has 1 atom stereocenters. The molecule has 1 aromatic rings. The fourth-order valence-corrected chi connectivity index (χ4v) is 1.46. The van der Waals surface area contributed by atoms with Crippen LogP contribution in [-0.4, -0.2) is 23.8 Å². The Morgan fingerprint density at radius 3 is 2.41 bits per heavy atom. The van der Waals surface area contributed by atoms with Crippen LogP contribution in [0.3, 0.4) is 0 Å². The van der Waals surface area contributed by atoms with Crippen molar-refractivity contribution in [2.24, 2.45) is 11.7 Å². The molecule has 1 aromatic carbocycles. The van der Waals surface area contributed by atoms with Crippen molar-refractivity contribution < 1.29 is 9.59 Å². The number of hydrogen-bond acceptors (Lipinski definition) is 2. The SMILES string of the molecule is CC(CC(=O)N(C)Cc1ccccc1)C(N)=O. The fraction of sp³-hybridized carbons (Fsp3) is 0.385. The predicted molar refractivity (Wildman–Crippen MR) is 65.9 cm³/mol. The maximum atomic E-state index is 11.8. The Bertz CT molecular complexity index is 390. The van der Waals surface area contributed by atoms with Gasteiger partial charge in [0.25, 0.3) is 0 Å². The van der Waals surface area contributed by atoms with E-state index in [9.17, 15) is 9.59 Å². The highest BCUT2D eigenvalue weighted by Crippen LogP contribution is 2.07. The number of carbonyl (C=O) groups excluding carboxylic acids is 2. The van der Waals surface area contributed by atoms with Crippen molar-refractivity contribution >= 4 is 11.8 Å². The third-order valence-electron chi connectivity index (χ3n) is 2.65. The van der Waals surface area contributed by atoms with E-state index in [0.717, 1.165) is 5.56 Å². The molecule has 2 N–H and O–H groups in total. The zero-order valence-electron chi connectivity index (χ0n) is 10.2. The van der Waals surface area contributed by atoms with E-state index in [1.807, 2.05) is 30.3 Å². The van der Waals surface area contributed by atoms with Gasteiger partial charge in [0, 0.05) is 25.9 Å². The molecular weight excluding hydrogens is 216 g/mol. The van der Waals surface area contributed by atoms with E-state index in [2.05, 4.69) is 0 Å². The molecule has 0 saturated carbocycles. The third-order valence-corrected chi connectivity index (χ3v) is 2.65. The van der Waals surface area contributed by atoms with Gasteiger partial charge in [-0.3, -0.25) is 9.59 Å². The molecule has 2 amide bonds. The van der Waals surface area contributed by atoms with Crippen molar-refractivity contribution in [3.05, 3.63) is 35.9 Å². The minimum absolute atomic E-state index is 0.0693. The number of nitrogens with two attached hydrogens (primary N) is 1. The van der Waals surface area contributed by atoms with E-state index in [-0.39, 0.29) is 12.3 Å². The number of amides is 2. The second-order valence-corrected chi connectivity index (χ2v) is 4.24. The van der Waals surface area contributed by atoms with Gasteiger partial charge in [0.1, 0.15) is 0 Å². The van der Waals surface area contributed by atoms with Gasteiger partial charge >= 0.3 is 0 Å². The number of rotatable bonds is 5. The van der Waals surface area contributed by atoms with Gasteiger partial charge in [-0.15, -0.1) is 0 Å². The third kappa shape index (κ3) is 4.26. The van der Waals surface area contributed by atoms with Crippen molar-refractivity contribution in [3.8, 4) is 0 Å². The van der Waals surface area contributed by atoms with Crippen molar-refractivity contribution in [2.45, 2.75) is 19.9 Å². The molecule has 4 heteroatoms. The molecule has 0 aliphatic rings. The summed E-state index contributed by atoms with van der Waals surface area (Å²) in [7, 11) is 1.73. The van der Waals surface area contributed by atoms with Crippen LogP contribution in [0.4, 0.5) is 0 Å². The van der Waals surface area contributed by atoms with Gasteiger partial charge in [0.15, 0.2) is 0 Å². The molecule has 1 rings (SSSR count). The predicted octanol–water partition coefficient (Wildman–Crippen LogP) is 1.16. The average molecular weight is 234 g/mol. The lowest BCUT2D eigenvalue weighted by atomic mass is 10.1. The summed E-state index contributed by atoms with van der Waals surface area (Å²) in [5, 5.41) is 0. The van der Waals surface area contributed by atoms with Crippen LogP contribution in [0.5, 0.6) is 0 Å². The van der Waals surface area contributed by atoms with E-state index < -0.39 is 11.8 Å². The van der Waals surface area contributed by atoms with Gasteiger partial charge in [0.2, 0.25) is 11.8 Å². The summed E-state index contributed by atoms with van der Waals surface area (Å²) in [4.78, 5) is 24.3. The average Bonchev–Trinajstić information content (AvgIpc) is 2.29. The summed E-state index contributed by atoms with van der Waals surface area (Å²) in [6, 6.07) is 9.71. The highest BCUT2D eigenvalue weighted by Gasteiger charge is 2.17. The topological polar surface area (TPSA) is 63.4 Å². The molecule has 0 fully saturated rings. The van der Waals surface area contributed by atoms with Gasteiger partial charge in [-0.25, -0.2) is 0 Å². The standard InChI is InChI=1S/C13H18N2O2/c1-10(13(14)17)8-12(16)15(2)9-11-6-4-3-5-7-11/h3-7,10H,8-9H2,1-2H3,(H2,14,17). The van der Waals surface area contributed by atoms with Crippen LogP contribution in [0.15, 0.2) is 30.3 Å². The Labute approximate surface area is 101 Å². The molecule has 0 aromatic heterocycles. The summed E-state index contributed by atoms with van der Waals surface area (Å²) < 4.78 is 0. The Morgan fingerprint density at radius 1 is 1.29 bits per heavy atom. The van der Waals surface area contributed by atoms with Gasteiger partial charge in [-0.05, 0) is 5.56 Å². The second-order valence-electron chi connectivity index (χ2n) is 4.24. The summed E-state index contributed by atoms with van der Waals surface area (Å²) in [6.07, 6.45) is 0.165. The number of benzene rings is 1. The number of hydrogen-bond donors (Lipinski definition) is 1. The van der Waals surface area contributed by atoms with E-state index >= 15 is 0 Å². The molecule has 0 bridgehead atoms.